The Morgan fingerprint density at radius 2 is 2.47 bits per heavy atom. The quantitative estimate of drug-likeness (QED) is 0.735. The zero-order chi connectivity index (χ0) is 10.7. The van der Waals surface area contributed by atoms with Crippen LogP contribution in [0.1, 0.15) is 6.42 Å². The summed E-state index contributed by atoms with van der Waals surface area (Å²) in [6, 6.07) is 0. The van der Waals surface area contributed by atoms with E-state index < -0.39 is 0 Å². The van der Waals surface area contributed by atoms with Gasteiger partial charge >= 0.3 is 0 Å². The molecule has 4 nitrogen and oxygen atoms in total. The fraction of sp³-hybridized carbons (Fsp3) is 0.600. The molecule has 2 heterocycles. The highest BCUT2D eigenvalue weighted by Crippen LogP contribution is 2.23. The van der Waals surface area contributed by atoms with Crippen LogP contribution >= 0.6 is 11.6 Å². The first-order chi connectivity index (χ1) is 7.33. The Morgan fingerprint density at radius 3 is 3.13 bits per heavy atom. The predicted octanol–water partition coefficient (Wildman–Crippen LogP) is 1.55. The van der Waals surface area contributed by atoms with Crippen LogP contribution in [0, 0.1) is 5.92 Å². The van der Waals surface area contributed by atoms with Crippen molar-refractivity contribution in [3.63, 3.8) is 0 Å². The number of rotatable bonds is 3. The van der Waals surface area contributed by atoms with E-state index in [0.717, 1.165) is 25.3 Å². The Labute approximate surface area is 94.2 Å². The molecule has 1 aliphatic rings. The molecule has 15 heavy (non-hydrogen) atoms. The second-order valence-electron chi connectivity index (χ2n) is 3.67. The first-order valence-corrected chi connectivity index (χ1v) is 5.54. The Morgan fingerprint density at radius 1 is 1.60 bits per heavy atom. The smallest absolute Gasteiger partial charge is 0.233 e. The largest absolute Gasteiger partial charge is 0.480 e. The molecule has 0 aliphatic carbocycles. The second-order valence-corrected chi connectivity index (χ2v) is 3.98. The zero-order valence-corrected chi connectivity index (χ0v) is 9.44. The van der Waals surface area contributed by atoms with Crippen LogP contribution in [0.2, 0.25) is 0 Å². The monoisotopic (exact) mass is 227 g/mol. The summed E-state index contributed by atoms with van der Waals surface area (Å²) in [4.78, 5) is 10.6. The average molecular weight is 228 g/mol. The standard InChI is InChI=1S/C10H14ClN3O/c1-15-10-6-12-5-9(13-10)14-3-2-8(4-11)7-14/h5-6,8H,2-4,7H2,1H3. The van der Waals surface area contributed by atoms with Gasteiger partial charge in [-0.1, -0.05) is 0 Å². The fourth-order valence-electron chi connectivity index (χ4n) is 1.76. The van der Waals surface area contributed by atoms with Crippen LogP contribution in [0.4, 0.5) is 5.82 Å². The molecule has 0 amide bonds. The Bertz CT molecular complexity index is 334. The lowest BCUT2D eigenvalue weighted by atomic mass is 10.2. The molecule has 1 atom stereocenters. The van der Waals surface area contributed by atoms with Gasteiger partial charge in [0.25, 0.3) is 0 Å². The number of hydrogen-bond acceptors (Lipinski definition) is 4. The molecule has 1 fully saturated rings. The number of alkyl halides is 1. The molecule has 0 N–H and O–H groups in total. The topological polar surface area (TPSA) is 38.2 Å². The highest BCUT2D eigenvalue weighted by molar-refractivity contribution is 6.18. The molecule has 2 rings (SSSR count). The van der Waals surface area contributed by atoms with Gasteiger partial charge in [-0.2, -0.15) is 4.98 Å². The van der Waals surface area contributed by atoms with Crippen molar-refractivity contribution in [3.8, 4) is 5.88 Å². The molecule has 1 aliphatic heterocycles. The number of aromatic nitrogens is 2. The summed E-state index contributed by atoms with van der Waals surface area (Å²) in [7, 11) is 1.60. The number of halogens is 1. The lowest BCUT2D eigenvalue weighted by molar-refractivity contribution is 0.395. The summed E-state index contributed by atoms with van der Waals surface area (Å²) in [6.45, 7) is 1.96. The molecular formula is C10H14ClN3O. The zero-order valence-electron chi connectivity index (χ0n) is 8.69. The van der Waals surface area contributed by atoms with E-state index in [0.29, 0.717) is 17.7 Å². The van der Waals surface area contributed by atoms with Gasteiger partial charge in [-0.05, 0) is 12.3 Å². The minimum absolute atomic E-state index is 0.557. The summed E-state index contributed by atoms with van der Waals surface area (Å²) in [5, 5.41) is 0. The molecule has 1 unspecified atom stereocenters. The van der Waals surface area contributed by atoms with E-state index in [-0.39, 0.29) is 0 Å². The van der Waals surface area contributed by atoms with Gasteiger partial charge in [0.2, 0.25) is 5.88 Å². The molecule has 1 aromatic rings. The Hall–Kier alpha value is -1.03. The minimum Gasteiger partial charge on any atom is -0.480 e. The van der Waals surface area contributed by atoms with Crippen molar-refractivity contribution < 1.29 is 4.74 Å². The Balaban J connectivity index is 2.09. The third kappa shape index (κ3) is 2.31. The molecule has 1 saturated heterocycles. The lowest BCUT2D eigenvalue weighted by Gasteiger charge is -2.16. The highest BCUT2D eigenvalue weighted by atomic mass is 35.5. The third-order valence-electron chi connectivity index (χ3n) is 2.64. The van der Waals surface area contributed by atoms with Crippen LogP contribution in [0.25, 0.3) is 0 Å². The highest BCUT2D eigenvalue weighted by Gasteiger charge is 2.22. The van der Waals surface area contributed by atoms with Gasteiger partial charge < -0.3 is 9.64 Å². The molecule has 0 saturated carbocycles. The van der Waals surface area contributed by atoms with Crippen molar-refractivity contribution in [2.45, 2.75) is 6.42 Å². The van der Waals surface area contributed by atoms with Crippen LogP contribution < -0.4 is 9.64 Å². The normalized spacial score (nSPS) is 20.7. The van der Waals surface area contributed by atoms with Gasteiger partial charge in [0.05, 0.1) is 19.5 Å². The summed E-state index contributed by atoms with van der Waals surface area (Å²) < 4.78 is 5.04. The number of hydrogen-bond donors (Lipinski definition) is 0. The van der Waals surface area contributed by atoms with Crippen LogP contribution in [-0.4, -0.2) is 36.0 Å². The van der Waals surface area contributed by atoms with E-state index >= 15 is 0 Å². The molecule has 0 radical (unpaired) electrons. The van der Waals surface area contributed by atoms with Gasteiger partial charge in [-0.25, -0.2) is 0 Å². The predicted molar refractivity (Wildman–Crippen MR) is 59.6 cm³/mol. The van der Waals surface area contributed by atoms with E-state index in [1.54, 1.807) is 19.5 Å². The first kappa shape index (κ1) is 10.5. The first-order valence-electron chi connectivity index (χ1n) is 5.00. The van der Waals surface area contributed by atoms with Crippen molar-refractivity contribution in [3.05, 3.63) is 12.4 Å². The maximum Gasteiger partial charge on any atom is 0.233 e. The maximum atomic E-state index is 5.83. The molecule has 0 aromatic carbocycles. The SMILES string of the molecule is COc1cncc(N2CCC(CCl)C2)n1. The van der Waals surface area contributed by atoms with Crippen LogP contribution in [0.15, 0.2) is 12.4 Å². The van der Waals surface area contributed by atoms with Gasteiger partial charge in [0.15, 0.2) is 5.82 Å². The molecule has 0 spiro atoms. The third-order valence-corrected chi connectivity index (χ3v) is 3.07. The molecule has 0 bridgehead atoms. The molecule has 5 heteroatoms. The number of anilines is 1. The molecule has 1 aromatic heterocycles. The van der Waals surface area contributed by atoms with Gasteiger partial charge in [0, 0.05) is 19.0 Å². The summed E-state index contributed by atoms with van der Waals surface area (Å²) in [5.74, 6) is 2.72. The Kier molecular flexibility index (Phi) is 3.26. The summed E-state index contributed by atoms with van der Waals surface area (Å²) in [5.41, 5.74) is 0. The van der Waals surface area contributed by atoms with E-state index in [2.05, 4.69) is 14.9 Å². The van der Waals surface area contributed by atoms with Crippen LogP contribution in [0.5, 0.6) is 5.88 Å². The maximum absolute atomic E-state index is 5.83. The fourth-order valence-corrected chi connectivity index (χ4v) is 2.01. The minimum atomic E-state index is 0.557. The van der Waals surface area contributed by atoms with Crippen molar-refractivity contribution in [2.75, 3.05) is 31.0 Å². The van der Waals surface area contributed by atoms with Crippen molar-refractivity contribution in [1.29, 1.82) is 0 Å². The van der Waals surface area contributed by atoms with Crippen molar-refractivity contribution >= 4 is 17.4 Å². The van der Waals surface area contributed by atoms with Gasteiger partial charge in [-0.15, -0.1) is 11.6 Å². The van der Waals surface area contributed by atoms with Crippen molar-refractivity contribution in [2.24, 2.45) is 5.92 Å². The average Bonchev–Trinajstić information content (AvgIpc) is 2.78. The summed E-state index contributed by atoms with van der Waals surface area (Å²) >= 11 is 5.83. The van der Waals surface area contributed by atoms with E-state index in [1.807, 2.05) is 0 Å². The lowest BCUT2D eigenvalue weighted by Crippen LogP contribution is -2.21. The van der Waals surface area contributed by atoms with E-state index in [4.69, 9.17) is 16.3 Å². The summed E-state index contributed by atoms with van der Waals surface area (Å²) in [6.07, 6.45) is 4.50. The van der Waals surface area contributed by atoms with Crippen molar-refractivity contribution in [1.82, 2.24) is 9.97 Å². The number of ether oxygens (including phenoxy) is 1. The number of nitrogens with zero attached hydrogens (tertiary/aromatic N) is 3. The van der Waals surface area contributed by atoms with E-state index in [1.165, 1.54) is 0 Å². The van der Waals surface area contributed by atoms with E-state index in [9.17, 15) is 0 Å². The van der Waals surface area contributed by atoms with Gasteiger partial charge in [0.1, 0.15) is 0 Å². The molecule has 82 valence electrons. The van der Waals surface area contributed by atoms with Crippen LogP contribution in [-0.2, 0) is 0 Å². The second kappa shape index (κ2) is 4.66. The molecular weight excluding hydrogens is 214 g/mol. The number of methoxy groups -OCH3 is 1. The van der Waals surface area contributed by atoms with Gasteiger partial charge in [-0.3, -0.25) is 4.98 Å². The van der Waals surface area contributed by atoms with Crippen LogP contribution in [0.3, 0.4) is 0 Å².